The van der Waals surface area contributed by atoms with E-state index in [1.807, 2.05) is 19.9 Å². The largest absolute Gasteiger partial charge is 0.364 e. The van der Waals surface area contributed by atoms with Gasteiger partial charge in [-0.1, -0.05) is 5.16 Å². The number of halogens is 1. The van der Waals surface area contributed by atoms with E-state index in [-0.39, 0.29) is 5.82 Å². The lowest BCUT2D eigenvalue weighted by atomic mass is 10.2. The predicted octanol–water partition coefficient (Wildman–Crippen LogP) is 3.15. The number of hydrogen-bond acceptors (Lipinski definition) is 3. The van der Waals surface area contributed by atoms with Crippen molar-refractivity contribution < 1.29 is 8.91 Å². The summed E-state index contributed by atoms with van der Waals surface area (Å²) >= 11 is 0. The summed E-state index contributed by atoms with van der Waals surface area (Å²) in [4.78, 5) is 2.10. The van der Waals surface area contributed by atoms with Crippen LogP contribution in [0.2, 0.25) is 0 Å². The Hall–Kier alpha value is -1.84. The summed E-state index contributed by atoms with van der Waals surface area (Å²) in [5, 5.41) is 3.85. The van der Waals surface area contributed by atoms with Crippen LogP contribution in [-0.4, -0.2) is 11.7 Å². The Morgan fingerprint density at radius 1 is 1.29 bits per heavy atom. The van der Waals surface area contributed by atoms with Gasteiger partial charge < -0.3 is 9.42 Å². The highest BCUT2D eigenvalue weighted by Crippen LogP contribution is 2.17. The third kappa shape index (κ3) is 2.84. The second-order valence-electron chi connectivity index (χ2n) is 3.93. The highest BCUT2D eigenvalue weighted by Gasteiger charge is 2.08. The molecular formula is C13H15FN2O. The van der Waals surface area contributed by atoms with Crippen molar-refractivity contribution in [2.24, 2.45) is 0 Å². The molecule has 3 nitrogen and oxygen atoms in total. The number of rotatable bonds is 4. The van der Waals surface area contributed by atoms with Crippen LogP contribution in [0.5, 0.6) is 0 Å². The van der Waals surface area contributed by atoms with Crippen molar-refractivity contribution in [1.29, 1.82) is 0 Å². The fourth-order valence-electron chi connectivity index (χ4n) is 1.72. The van der Waals surface area contributed by atoms with E-state index in [1.54, 1.807) is 12.1 Å². The molecule has 2 aromatic rings. The van der Waals surface area contributed by atoms with E-state index in [1.165, 1.54) is 12.1 Å². The highest BCUT2D eigenvalue weighted by atomic mass is 19.1. The maximum absolute atomic E-state index is 12.8. The molecule has 0 aliphatic carbocycles. The summed E-state index contributed by atoms with van der Waals surface area (Å²) in [7, 11) is 0. The molecule has 2 rings (SSSR count). The Morgan fingerprint density at radius 2 is 2.00 bits per heavy atom. The number of benzene rings is 1. The van der Waals surface area contributed by atoms with E-state index in [9.17, 15) is 4.39 Å². The van der Waals surface area contributed by atoms with Gasteiger partial charge in [-0.3, -0.25) is 0 Å². The van der Waals surface area contributed by atoms with Crippen molar-refractivity contribution in [2.45, 2.75) is 20.4 Å². The second-order valence-corrected chi connectivity index (χ2v) is 3.93. The monoisotopic (exact) mass is 234 g/mol. The van der Waals surface area contributed by atoms with Crippen LogP contribution in [0.3, 0.4) is 0 Å². The van der Waals surface area contributed by atoms with Crippen LogP contribution in [0, 0.1) is 12.7 Å². The van der Waals surface area contributed by atoms with Gasteiger partial charge in [-0.2, -0.15) is 0 Å². The lowest BCUT2D eigenvalue weighted by molar-refractivity contribution is 0.378. The van der Waals surface area contributed by atoms with Gasteiger partial charge in [-0.15, -0.1) is 0 Å². The number of hydrogen-bond donors (Lipinski definition) is 0. The predicted molar refractivity (Wildman–Crippen MR) is 64.4 cm³/mol. The van der Waals surface area contributed by atoms with Crippen LogP contribution < -0.4 is 4.90 Å². The maximum atomic E-state index is 12.8. The summed E-state index contributed by atoms with van der Waals surface area (Å²) in [6.07, 6.45) is 0. The number of aryl methyl sites for hydroxylation is 1. The van der Waals surface area contributed by atoms with E-state index >= 15 is 0 Å². The standard InChI is InChI=1S/C13H15FN2O/c1-3-16(9-13-8-10(2)15-17-13)12-6-4-11(14)5-7-12/h4-8H,3,9H2,1-2H3. The number of nitrogens with zero attached hydrogens (tertiary/aromatic N) is 2. The molecule has 17 heavy (non-hydrogen) atoms. The zero-order chi connectivity index (χ0) is 12.3. The lowest BCUT2D eigenvalue weighted by Crippen LogP contribution is -2.21. The van der Waals surface area contributed by atoms with Crippen molar-refractivity contribution in [3.63, 3.8) is 0 Å². The minimum absolute atomic E-state index is 0.222. The average Bonchev–Trinajstić information content (AvgIpc) is 2.73. The Bertz CT molecular complexity index is 478. The van der Waals surface area contributed by atoms with Crippen molar-refractivity contribution in [1.82, 2.24) is 5.16 Å². The second kappa shape index (κ2) is 4.99. The summed E-state index contributed by atoms with van der Waals surface area (Å²) < 4.78 is 18.0. The topological polar surface area (TPSA) is 29.3 Å². The van der Waals surface area contributed by atoms with Crippen LogP contribution in [0.1, 0.15) is 18.4 Å². The first-order valence-electron chi connectivity index (χ1n) is 5.61. The van der Waals surface area contributed by atoms with E-state index < -0.39 is 0 Å². The minimum atomic E-state index is -0.222. The third-order valence-corrected chi connectivity index (χ3v) is 2.60. The first-order valence-corrected chi connectivity index (χ1v) is 5.61. The van der Waals surface area contributed by atoms with Crippen molar-refractivity contribution >= 4 is 5.69 Å². The van der Waals surface area contributed by atoms with Crippen LogP contribution >= 0.6 is 0 Å². The van der Waals surface area contributed by atoms with Gasteiger partial charge in [0.2, 0.25) is 0 Å². The Morgan fingerprint density at radius 3 is 2.53 bits per heavy atom. The number of aromatic nitrogens is 1. The minimum Gasteiger partial charge on any atom is -0.364 e. The fourth-order valence-corrected chi connectivity index (χ4v) is 1.72. The van der Waals surface area contributed by atoms with Gasteiger partial charge in [0.1, 0.15) is 5.82 Å². The molecule has 1 heterocycles. The van der Waals surface area contributed by atoms with Crippen molar-refractivity contribution in [2.75, 3.05) is 11.4 Å². The molecule has 0 radical (unpaired) electrons. The summed E-state index contributed by atoms with van der Waals surface area (Å²) in [6.45, 7) is 5.40. The molecule has 0 amide bonds. The smallest absolute Gasteiger partial charge is 0.156 e. The molecule has 0 fully saturated rings. The van der Waals surface area contributed by atoms with Crippen LogP contribution in [0.4, 0.5) is 10.1 Å². The van der Waals surface area contributed by atoms with Crippen LogP contribution in [0.25, 0.3) is 0 Å². The zero-order valence-corrected chi connectivity index (χ0v) is 9.98. The SMILES string of the molecule is CCN(Cc1cc(C)no1)c1ccc(F)cc1. The van der Waals surface area contributed by atoms with Crippen LogP contribution in [0.15, 0.2) is 34.9 Å². The molecule has 0 unspecified atom stereocenters. The van der Waals surface area contributed by atoms with Crippen molar-refractivity contribution in [3.8, 4) is 0 Å². The Labute approximate surface area is 99.8 Å². The highest BCUT2D eigenvalue weighted by molar-refractivity contribution is 5.46. The van der Waals surface area contributed by atoms with Crippen LogP contribution in [-0.2, 0) is 6.54 Å². The first kappa shape index (κ1) is 11.6. The van der Waals surface area contributed by atoms with Gasteiger partial charge in [-0.05, 0) is 38.1 Å². The van der Waals surface area contributed by atoms with Gasteiger partial charge in [0.15, 0.2) is 5.76 Å². The normalized spacial score (nSPS) is 10.5. The molecule has 0 saturated carbocycles. The van der Waals surface area contributed by atoms with E-state index in [2.05, 4.69) is 10.1 Å². The molecule has 0 spiro atoms. The molecular weight excluding hydrogens is 219 g/mol. The van der Waals surface area contributed by atoms with Crippen molar-refractivity contribution in [3.05, 3.63) is 47.6 Å². The molecule has 0 bridgehead atoms. The van der Waals surface area contributed by atoms with Gasteiger partial charge >= 0.3 is 0 Å². The molecule has 0 saturated heterocycles. The maximum Gasteiger partial charge on any atom is 0.156 e. The fraction of sp³-hybridized carbons (Fsp3) is 0.308. The molecule has 1 aromatic carbocycles. The average molecular weight is 234 g/mol. The number of anilines is 1. The lowest BCUT2D eigenvalue weighted by Gasteiger charge is -2.21. The van der Waals surface area contributed by atoms with Gasteiger partial charge in [-0.25, -0.2) is 4.39 Å². The summed E-state index contributed by atoms with van der Waals surface area (Å²) in [6, 6.07) is 8.36. The third-order valence-electron chi connectivity index (χ3n) is 2.60. The first-order chi connectivity index (χ1) is 8.19. The molecule has 0 N–H and O–H groups in total. The quantitative estimate of drug-likeness (QED) is 0.813. The molecule has 4 heteroatoms. The summed E-state index contributed by atoms with van der Waals surface area (Å²) in [5.41, 5.74) is 1.85. The van der Waals surface area contributed by atoms with Gasteiger partial charge in [0.05, 0.1) is 12.2 Å². The molecule has 0 aliphatic heterocycles. The van der Waals surface area contributed by atoms with E-state index in [0.29, 0.717) is 6.54 Å². The molecule has 90 valence electrons. The zero-order valence-electron chi connectivity index (χ0n) is 9.98. The Balaban J connectivity index is 2.13. The molecule has 0 atom stereocenters. The summed E-state index contributed by atoms with van der Waals surface area (Å²) in [5.74, 6) is 0.592. The van der Waals surface area contributed by atoms with Gasteiger partial charge in [0.25, 0.3) is 0 Å². The van der Waals surface area contributed by atoms with E-state index in [4.69, 9.17) is 4.52 Å². The Kier molecular flexibility index (Phi) is 3.42. The van der Waals surface area contributed by atoms with E-state index in [0.717, 1.165) is 23.7 Å². The molecule has 1 aromatic heterocycles. The molecule has 0 aliphatic rings. The van der Waals surface area contributed by atoms with Gasteiger partial charge in [0, 0.05) is 18.3 Å².